The quantitative estimate of drug-likeness (QED) is 0.654. The highest BCUT2D eigenvalue weighted by Gasteiger charge is 2.34. The largest absolute Gasteiger partial charge is 0.379 e. The molecule has 0 amide bonds. The monoisotopic (exact) mass is 161 g/mol. The van der Waals surface area contributed by atoms with E-state index in [9.17, 15) is 0 Å². The van der Waals surface area contributed by atoms with Crippen molar-refractivity contribution >= 4 is 11.8 Å². The standard InChI is InChI=1S/C7H15NOS/c1-6(9-3)7(2)8-4-5-10-7/h6,8H,4-5H2,1-3H3. The van der Waals surface area contributed by atoms with Gasteiger partial charge in [-0.05, 0) is 13.8 Å². The number of rotatable bonds is 2. The summed E-state index contributed by atoms with van der Waals surface area (Å²) in [6, 6.07) is 0. The molecule has 0 radical (unpaired) electrons. The molecule has 3 heteroatoms. The van der Waals surface area contributed by atoms with E-state index in [1.807, 2.05) is 11.8 Å². The summed E-state index contributed by atoms with van der Waals surface area (Å²) in [4.78, 5) is 0.148. The van der Waals surface area contributed by atoms with Crippen molar-refractivity contribution in [2.75, 3.05) is 19.4 Å². The summed E-state index contributed by atoms with van der Waals surface area (Å²) in [6.07, 6.45) is 0.292. The molecule has 10 heavy (non-hydrogen) atoms. The third-order valence-corrected chi connectivity index (χ3v) is 3.59. The minimum absolute atomic E-state index is 0.148. The molecule has 0 aromatic carbocycles. The molecule has 2 nitrogen and oxygen atoms in total. The van der Waals surface area contributed by atoms with Gasteiger partial charge in [0, 0.05) is 19.4 Å². The maximum Gasteiger partial charge on any atom is 0.0879 e. The Morgan fingerprint density at radius 3 is 2.80 bits per heavy atom. The van der Waals surface area contributed by atoms with Crippen LogP contribution in [0, 0.1) is 0 Å². The molecule has 0 spiro atoms. The number of nitrogens with one attached hydrogen (secondary N) is 1. The third-order valence-electron chi connectivity index (χ3n) is 2.11. The lowest BCUT2D eigenvalue weighted by Gasteiger charge is -2.29. The number of thioether (sulfide) groups is 1. The highest BCUT2D eigenvalue weighted by atomic mass is 32.2. The first-order chi connectivity index (χ1) is 4.69. The van der Waals surface area contributed by atoms with Gasteiger partial charge in [-0.1, -0.05) is 0 Å². The number of methoxy groups -OCH3 is 1. The molecular formula is C7H15NOS. The van der Waals surface area contributed by atoms with Gasteiger partial charge in [-0.25, -0.2) is 0 Å². The minimum atomic E-state index is 0.148. The summed E-state index contributed by atoms with van der Waals surface area (Å²) in [5.41, 5.74) is 0. The predicted molar refractivity (Wildman–Crippen MR) is 45.3 cm³/mol. The van der Waals surface area contributed by atoms with Crippen molar-refractivity contribution < 1.29 is 4.74 Å². The van der Waals surface area contributed by atoms with Crippen LogP contribution >= 0.6 is 11.8 Å². The van der Waals surface area contributed by atoms with Gasteiger partial charge in [0.2, 0.25) is 0 Å². The SMILES string of the molecule is COC(C)C1(C)NCCS1. The molecule has 0 aromatic rings. The average molecular weight is 161 g/mol. The third kappa shape index (κ3) is 1.47. The fraction of sp³-hybridized carbons (Fsp3) is 1.00. The van der Waals surface area contributed by atoms with E-state index in [4.69, 9.17) is 4.74 Å². The zero-order valence-corrected chi connectivity index (χ0v) is 7.62. The Balaban J connectivity index is 2.49. The van der Waals surface area contributed by atoms with Crippen molar-refractivity contribution in [3.63, 3.8) is 0 Å². The molecule has 1 aliphatic heterocycles. The summed E-state index contributed by atoms with van der Waals surface area (Å²) in [5.74, 6) is 1.20. The first-order valence-electron chi connectivity index (χ1n) is 3.61. The first kappa shape index (κ1) is 8.37. The van der Waals surface area contributed by atoms with Gasteiger partial charge in [0.1, 0.15) is 0 Å². The lowest BCUT2D eigenvalue weighted by Crippen LogP contribution is -2.44. The van der Waals surface area contributed by atoms with E-state index >= 15 is 0 Å². The average Bonchev–Trinajstić information content (AvgIpc) is 2.36. The molecule has 1 fully saturated rings. The van der Waals surface area contributed by atoms with Crippen molar-refractivity contribution in [1.29, 1.82) is 0 Å². The van der Waals surface area contributed by atoms with E-state index in [0.717, 1.165) is 6.54 Å². The zero-order chi connectivity index (χ0) is 7.61. The fourth-order valence-electron chi connectivity index (χ4n) is 1.10. The van der Waals surface area contributed by atoms with Crippen LogP contribution in [0.15, 0.2) is 0 Å². The van der Waals surface area contributed by atoms with Crippen molar-refractivity contribution in [3.8, 4) is 0 Å². The molecular weight excluding hydrogens is 146 g/mol. The number of ether oxygens (including phenoxy) is 1. The Hall–Kier alpha value is 0.270. The Labute approximate surface area is 66.7 Å². The zero-order valence-electron chi connectivity index (χ0n) is 6.81. The van der Waals surface area contributed by atoms with Crippen LogP contribution in [-0.2, 0) is 4.74 Å². The van der Waals surface area contributed by atoms with Crippen molar-refractivity contribution in [1.82, 2.24) is 5.32 Å². The van der Waals surface area contributed by atoms with Gasteiger partial charge in [-0.3, -0.25) is 0 Å². The maximum atomic E-state index is 5.25. The highest BCUT2D eigenvalue weighted by Crippen LogP contribution is 2.30. The normalized spacial score (nSPS) is 36.3. The Morgan fingerprint density at radius 2 is 2.40 bits per heavy atom. The van der Waals surface area contributed by atoms with Gasteiger partial charge in [-0.15, -0.1) is 11.8 Å². The minimum Gasteiger partial charge on any atom is -0.379 e. The van der Waals surface area contributed by atoms with Gasteiger partial charge < -0.3 is 10.1 Å². The fourth-order valence-corrected chi connectivity index (χ4v) is 2.26. The van der Waals surface area contributed by atoms with Gasteiger partial charge in [0.15, 0.2) is 0 Å². The van der Waals surface area contributed by atoms with Crippen LogP contribution in [0.2, 0.25) is 0 Å². The van der Waals surface area contributed by atoms with Crippen LogP contribution in [-0.4, -0.2) is 30.4 Å². The predicted octanol–water partition coefficient (Wildman–Crippen LogP) is 1.07. The smallest absolute Gasteiger partial charge is 0.0879 e. The van der Waals surface area contributed by atoms with Crippen molar-refractivity contribution in [2.45, 2.75) is 24.8 Å². The second kappa shape index (κ2) is 3.11. The van der Waals surface area contributed by atoms with Gasteiger partial charge in [0.25, 0.3) is 0 Å². The molecule has 0 bridgehead atoms. The number of hydrogen-bond acceptors (Lipinski definition) is 3. The highest BCUT2D eigenvalue weighted by molar-refractivity contribution is 8.00. The molecule has 0 aromatic heterocycles. The molecule has 1 heterocycles. The summed E-state index contributed by atoms with van der Waals surface area (Å²) in [7, 11) is 1.76. The summed E-state index contributed by atoms with van der Waals surface area (Å²) < 4.78 is 5.25. The molecule has 0 saturated carbocycles. The van der Waals surface area contributed by atoms with E-state index in [-0.39, 0.29) is 4.87 Å². The summed E-state index contributed by atoms with van der Waals surface area (Å²) >= 11 is 1.94. The van der Waals surface area contributed by atoms with Gasteiger partial charge in [0.05, 0.1) is 11.0 Å². The number of hydrogen-bond donors (Lipinski definition) is 1. The van der Waals surface area contributed by atoms with Crippen molar-refractivity contribution in [3.05, 3.63) is 0 Å². The Morgan fingerprint density at radius 1 is 1.70 bits per heavy atom. The maximum absolute atomic E-state index is 5.25. The molecule has 1 rings (SSSR count). The Bertz CT molecular complexity index is 112. The lowest BCUT2D eigenvalue weighted by atomic mass is 10.2. The van der Waals surface area contributed by atoms with E-state index in [0.29, 0.717) is 6.10 Å². The Kier molecular flexibility index (Phi) is 2.61. The molecule has 2 unspecified atom stereocenters. The topological polar surface area (TPSA) is 21.3 Å². The lowest BCUT2D eigenvalue weighted by molar-refractivity contribution is 0.0798. The molecule has 1 saturated heterocycles. The van der Waals surface area contributed by atoms with Gasteiger partial charge in [-0.2, -0.15) is 0 Å². The van der Waals surface area contributed by atoms with Crippen LogP contribution in [0.4, 0.5) is 0 Å². The molecule has 0 aliphatic carbocycles. The van der Waals surface area contributed by atoms with Crippen LogP contribution in [0.5, 0.6) is 0 Å². The van der Waals surface area contributed by atoms with Crippen LogP contribution in [0.3, 0.4) is 0 Å². The van der Waals surface area contributed by atoms with Crippen molar-refractivity contribution in [2.24, 2.45) is 0 Å². The first-order valence-corrected chi connectivity index (χ1v) is 4.59. The van der Waals surface area contributed by atoms with Crippen LogP contribution < -0.4 is 5.32 Å². The van der Waals surface area contributed by atoms with E-state index in [1.54, 1.807) is 7.11 Å². The molecule has 60 valence electrons. The second-order valence-corrected chi connectivity index (χ2v) is 4.31. The van der Waals surface area contributed by atoms with E-state index in [1.165, 1.54) is 5.75 Å². The molecule has 1 N–H and O–H groups in total. The van der Waals surface area contributed by atoms with E-state index in [2.05, 4.69) is 19.2 Å². The van der Waals surface area contributed by atoms with Crippen LogP contribution in [0.1, 0.15) is 13.8 Å². The molecule has 1 aliphatic rings. The summed E-state index contributed by atoms with van der Waals surface area (Å²) in [6.45, 7) is 5.40. The van der Waals surface area contributed by atoms with Gasteiger partial charge >= 0.3 is 0 Å². The second-order valence-electron chi connectivity index (χ2n) is 2.76. The van der Waals surface area contributed by atoms with E-state index < -0.39 is 0 Å². The summed E-state index contributed by atoms with van der Waals surface area (Å²) in [5, 5.41) is 3.42. The molecule has 2 atom stereocenters. The van der Waals surface area contributed by atoms with Crippen LogP contribution in [0.25, 0.3) is 0 Å².